The molecule has 0 unspecified atom stereocenters. The molecule has 0 radical (unpaired) electrons. The van der Waals surface area contributed by atoms with Crippen LogP contribution in [0.2, 0.25) is 0 Å². The molecular formula is C20H23N3O4S. The van der Waals surface area contributed by atoms with Crippen molar-refractivity contribution in [2.75, 3.05) is 26.7 Å². The number of fused-ring (bicyclic) bond motifs is 1. The van der Waals surface area contributed by atoms with Crippen molar-refractivity contribution in [3.8, 4) is 5.75 Å². The lowest BCUT2D eigenvalue weighted by atomic mass is 9.89. The fourth-order valence-corrected chi connectivity index (χ4v) is 5.90. The molecule has 0 aliphatic carbocycles. The van der Waals surface area contributed by atoms with Gasteiger partial charge in [-0.05, 0) is 35.7 Å². The number of carbonyl (C=O) groups excluding carboxylic acids is 1. The molecule has 1 aromatic carbocycles. The van der Waals surface area contributed by atoms with Gasteiger partial charge in [0.1, 0.15) is 10.6 Å². The summed E-state index contributed by atoms with van der Waals surface area (Å²) in [4.78, 5) is 18.3. The van der Waals surface area contributed by atoms with Crippen LogP contribution in [0.1, 0.15) is 18.5 Å². The van der Waals surface area contributed by atoms with Crippen molar-refractivity contribution < 1.29 is 17.9 Å². The van der Waals surface area contributed by atoms with Crippen molar-refractivity contribution in [2.45, 2.75) is 17.9 Å². The lowest BCUT2D eigenvalue weighted by Gasteiger charge is -2.29. The summed E-state index contributed by atoms with van der Waals surface area (Å²) in [6.45, 7) is 2.94. The van der Waals surface area contributed by atoms with Gasteiger partial charge in [0, 0.05) is 44.9 Å². The SMILES string of the molecule is COc1ccc([C@H]2[C@@H]3CN(S(=O)(=O)c4cccnc4)C[C@@H]3CN2C(C)=O)cc1. The Kier molecular flexibility index (Phi) is 4.84. The summed E-state index contributed by atoms with van der Waals surface area (Å²) in [6.07, 6.45) is 2.94. The first-order valence-electron chi connectivity index (χ1n) is 9.23. The summed E-state index contributed by atoms with van der Waals surface area (Å²) in [7, 11) is -1.98. The van der Waals surface area contributed by atoms with E-state index >= 15 is 0 Å². The van der Waals surface area contributed by atoms with Gasteiger partial charge >= 0.3 is 0 Å². The molecule has 0 bridgehead atoms. The van der Waals surface area contributed by atoms with Crippen LogP contribution in [0.25, 0.3) is 0 Å². The van der Waals surface area contributed by atoms with Crippen molar-refractivity contribution in [1.82, 2.24) is 14.2 Å². The van der Waals surface area contributed by atoms with Crippen molar-refractivity contribution in [3.63, 3.8) is 0 Å². The van der Waals surface area contributed by atoms with E-state index in [-0.39, 0.29) is 28.7 Å². The molecule has 2 aliphatic rings. The highest BCUT2D eigenvalue weighted by Gasteiger charge is 2.51. The van der Waals surface area contributed by atoms with E-state index < -0.39 is 10.0 Å². The van der Waals surface area contributed by atoms with Crippen LogP contribution < -0.4 is 4.74 Å². The normalized spacial score (nSPS) is 24.9. The standard InChI is InChI=1S/C20H23N3O4S/c1-14(24)23-12-16-11-22(28(25,26)18-4-3-9-21-10-18)13-19(16)20(23)15-5-7-17(27-2)8-6-15/h3-10,16,19-20H,11-13H2,1-2H3/t16-,19-,20+/m1/s1. The van der Waals surface area contributed by atoms with Crippen LogP contribution in [0.15, 0.2) is 53.7 Å². The lowest BCUT2D eigenvalue weighted by Crippen LogP contribution is -2.36. The predicted molar refractivity (Wildman–Crippen MR) is 103 cm³/mol. The highest BCUT2D eigenvalue weighted by Crippen LogP contribution is 2.46. The van der Waals surface area contributed by atoms with Gasteiger partial charge in [0.15, 0.2) is 0 Å². The van der Waals surface area contributed by atoms with Crippen LogP contribution in [0.3, 0.4) is 0 Å². The molecule has 0 saturated carbocycles. The first-order valence-corrected chi connectivity index (χ1v) is 10.7. The number of methoxy groups -OCH3 is 1. The van der Waals surface area contributed by atoms with Gasteiger partial charge in [-0.3, -0.25) is 9.78 Å². The van der Waals surface area contributed by atoms with E-state index in [1.807, 2.05) is 29.2 Å². The van der Waals surface area contributed by atoms with E-state index in [4.69, 9.17) is 4.74 Å². The zero-order chi connectivity index (χ0) is 19.9. The molecule has 2 aliphatic heterocycles. The highest BCUT2D eigenvalue weighted by molar-refractivity contribution is 7.89. The molecule has 0 spiro atoms. The Labute approximate surface area is 165 Å². The van der Waals surface area contributed by atoms with Crippen molar-refractivity contribution in [3.05, 3.63) is 54.4 Å². The van der Waals surface area contributed by atoms with Crippen LogP contribution in [0.4, 0.5) is 0 Å². The first kappa shape index (κ1) is 18.9. The molecule has 3 heterocycles. The summed E-state index contributed by atoms with van der Waals surface area (Å²) in [6, 6.07) is 10.7. The number of aromatic nitrogens is 1. The Morgan fingerprint density at radius 2 is 1.89 bits per heavy atom. The number of nitrogens with zero attached hydrogens (tertiary/aromatic N) is 3. The third kappa shape index (κ3) is 3.16. The average molecular weight is 401 g/mol. The zero-order valence-electron chi connectivity index (χ0n) is 15.9. The van der Waals surface area contributed by atoms with Gasteiger partial charge < -0.3 is 9.64 Å². The van der Waals surface area contributed by atoms with Crippen molar-refractivity contribution >= 4 is 15.9 Å². The molecule has 148 valence electrons. The van der Waals surface area contributed by atoms with E-state index in [0.717, 1.165) is 11.3 Å². The Balaban J connectivity index is 1.63. The smallest absolute Gasteiger partial charge is 0.244 e. The predicted octanol–water partition coefficient (Wildman–Crippen LogP) is 1.93. The minimum atomic E-state index is -3.59. The molecular weight excluding hydrogens is 378 g/mol. The Morgan fingerprint density at radius 3 is 2.50 bits per heavy atom. The fraction of sp³-hybridized carbons (Fsp3) is 0.400. The molecule has 1 aromatic heterocycles. The Morgan fingerprint density at radius 1 is 1.14 bits per heavy atom. The van der Waals surface area contributed by atoms with Gasteiger partial charge in [0.2, 0.25) is 15.9 Å². The van der Waals surface area contributed by atoms with Gasteiger partial charge in [-0.15, -0.1) is 0 Å². The second-order valence-electron chi connectivity index (χ2n) is 7.32. The monoisotopic (exact) mass is 401 g/mol. The third-order valence-electron chi connectivity index (χ3n) is 5.76. The van der Waals surface area contributed by atoms with Crippen molar-refractivity contribution in [1.29, 1.82) is 0 Å². The maximum absolute atomic E-state index is 13.0. The molecule has 3 atom stereocenters. The largest absolute Gasteiger partial charge is 0.497 e. The van der Waals surface area contributed by atoms with Gasteiger partial charge in [-0.2, -0.15) is 4.31 Å². The van der Waals surface area contributed by atoms with Gasteiger partial charge in [0.25, 0.3) is 0 Å². The number of rotatable bonds is 4. The molecule has 0 N–H and O–H groups in total. The van der Waals surface area contributed by atoms with Gasteiger partial charge in [0.05, 0.1) is 13.2 Å². The van der Waals surface area contributed by atoms with Crippen LogP contribution in [-0.2, 0) is 14.8 Å². The molecule has 4 rings (SSSR count). The zero-order valence-corrected chi connectivity index (χ0v) is 16.7. The van der Waals surface area contributed by atoms with E-state index in [1.165, 1.54) is 10.5 Å². The number of amides is 1. The number of benzene rings is 1. The van der Waals surface area contributed by atoms with Crippen LogP contribution in [0, 0.1) is 11.8 Å². The molecule has 2 fully saturated rings. The van der Waals surface area contributed by atoms with E-state index in [9.17, 15) is 13.2 Å². The summed E-state index contributed by atoms with van der Waals surface area (Å²) >= 11 is 0. The van der Waals surface area contributed by atoms with Gasteiger partial charge in [-0.25, -0.2) is 8.42 Å². The topological polar surface area (TPSA) is 79.8 Å². The lowest BCUT2D eigenvalue weighted by molar-refractivity contribution is -0.130. The summed E-state index contributed by atoms with van der Waals surface area (Å²) in [5.74, 6) is 0.933. The minimum Gasteiger partial charge on any atom is -0.497 e. The Hall–Kier alpha value is -2.45. The molecule has 1 amide bonds. The van der Waals surface area contributed by atoms with E-state index in [2.05, 4.69) is 4.98 Å². The number of hydrogen-bond donors (Lipinski definition) is 0. The minimum absolute atomic E-state index is 0.0110. The fourth-order valence-electron chi connectivity index (χ4n) is 4.40. The summed E-state index contributed by atoms with van der Waals surface area (Å²) < 4.78 is 32.8. The van der Waals surface area contributed by atoms with Crippen LogP contribution in [0.5, 0.6) is 5.75 Å². The summed E-state index contributed by atoms with van der Waals surface area (Å²) in [5, 5.41) is 0. The number of pyridine rings is 1. The molecule has 8 heteroatoms. The number of carbonyl (C=O) groups is 1. The highest BCUT2D eigenvalue weighted by atomic mass is 32.2. The molecule has 2 saturated heterocycles. The molecule has 7 nitrogen and oxygen atoms in total. The first-order chi connectivity index (χ1) is 13.4. The summed E-state index contributed by atoms with van der Waals surface area (Å²) in [5.41, 5.74) is 1.00. The van der Waals surface area contributed by atoms with Crippen LogP contribution >= 0.6 is 0 Å². The maximum atomic E-state index is 13.0. The number of hydrogen-bond acceptors (Lipinski definition) is 5. The second kappa shape index (κ2) is 7.18. The maximum Gasteiger partial charge on any atom is 0.244 e. The molecule has 2 aromatic rings. The van der Waals surface area contributed by atoms with E-state index in [0.29, 0.717) is 19.6 Å². The number of likely N-dealkylation sites (tertiary alicyclic amines) is 1. The quantitative estimate of drug-likeness (QED) is 0.782. The third-order valence-corrected chi connectivity index (χ3v) is 7.58. The van der Waals surface area contributed by atoms with Gasteiger partial charge in [-0.1, -0.05) is 12.1 Å². The van der Waals surface area contributed by atoms with E-state index in [1.54, 1.807) is 32.4 Å². The Bertz CT molecular complexity index is 963. The average Bonchev–Trinajstić information content (AvgIpc) is 3.27. The molecule has 28 heavy (non-hydrogen) atoms. The number of sulfonamides is 1. The number of ether oxygens (including phenoxy) is 1. The van der Waals surface area contributed by atoms with Crippen LogP contribution in [-0.4, -0.2) is 55.3 Å². The second-order valence-corrected chi connectivity index (χ2v) is 9.26. The van der Waals surface area contributed by atoms with Crippen molar-refractivity contribution in [2.24, 2.45) is 11.8 Å².